The Bertz CT molecular complexity index is 1240. The summed E-state index contributed by atoms with van der Waals surface area (Å²) in [5.41, 5.74) is 2.50. The number of hydrogen-bond acceptors (Lipinski definition) is 5. The van der Waals surface area contributed by atoms with E-state index in [0.29, 0.717) is 37.5 Å². The van der Waals surface area contributed by atoms with E-state index in [1.54, 1.807) is 6.07 Å². The molecule has 0 atom stereocenters. The second-order valence-electron chi connectivity index (χ2n) is 7.58. The molecule has 31 heavy (non-hydrogen) atoms. The first-order valence-electron chi connectivity index (χ1n) is 10.3. The molecular formula is C22H21F3N6. The van der Waals surface area contributed by atoms with Gasteiger partial charge in [0.15, 0.2) is 5.82 Å². The van der Waals surface area contributed by atoms with Crippen molar-refractivity contribution in [2.24, 2.45) is 0 Å². The van der Waals surface area contributed by atoms with Crippen LogP contribution in [0.1, 0.15) is 18.3 Å². The Balaban J connectivity index is 1.45. The summed E-state index contributed by atoms with van der Waals surface area (Å²) in [5.74, 6) is 1.63. The molecule has 0 amide bonds. The lowest BCUT2D eigenvalue weighted by Crippen LogP contribution is -2.47. The van der Waals surface area contributed by atoms with Gasteiger partial charge >= 0.3 is 6.18 Å². The predicted molar refractivity (Wildman–Crippen MR) is 114 cm³/mol. The monoisotopic (exact) mass is 426 g/mol. The maximum atomic E-state index is 13.1. The average Bonchev–Trinajstić information content (AvgIpc) is 3.23. The summed E-state index contributed by atoms with van der Waals surface area (Å²) in [6.45, 7) is 4.49. The van der Waals surface area contributed by atoms with Crippen LogP contribution in [-0.2, 0) is 12.6 Å². The van der Waals surface area contributed by atoms with E-state index in [9.17, 15) is 13.2 Å². The number of fused-ring (bicyclic) bond motifs is 3. The Morgan fingerprint density at radius 1 is 0.903 bits per heavy atom. The number of nitrogens with zero attached hydrogens (tertiary/aromatic N) is 6. The molecule has 6 nitrogen and oxygen atoms in total. The molecule has 160 valence electrons. The van der Waals surface area contributed by atoms with E-state index < -0.39 is 11.7 Å². The number of anilines is 2. The molecule has 0 radical (unpaired) electrons. The fraction of sp³-hybridized carbons (Fsp3) is 0.318. The fourth-order valence-corrected chi connectivity index (χ4v) is 4.12. The predicted octanol–water partition coefficient (Wildman–Crippen LogP) is 4.19. The van der Waals surface area contributed by atoms with Gasteiger partial charge in [-0.2, -0.15) is 13.2 Å². The van der Waals surface area contributed by atoms with Gasteiger partial charge in [0.2, 0.25) is 5.65 Å². The standard InChI is InChI=1S/C22H21F3N6/c1-2-19-27-28-21-20(26-17-8-3-4-9-18(17)31(19)21)30-12-10-29(11-13-30)16-7-5-6-15(14-16)22(23,24)25/h3-9,14H,2,10-13H2,1H3. The number of halogens is 3. The zero-order valence-corrected chi connectivity index (χ0v) is 17.0. The van der Waals surface area contributed by atoms with Crippen molar-refractivity contribution in [3.8, 4) is 0 Å². The largest absolute Gasteiger partial charge is 0.416 e. The molecule has 1 aliphatic rings. The minimum absolute atomic E-state index is 0.585. The summed E-state index contributed by atoms with van der Waals surface area (Å²) in [4.78, 5) is 8.97. The van der Waals surface area contributed by atoms with Crippen molar-refractivity contribution in [1.82, 2.24) is 19.6 Å². The van der Waals surface area contributed by atoms with Crippen LogP contribution in [0.3, 0.4) is 0 Å². The molecule has 1 fully saturated rings. The molecule has 2 aromatic heterocycles. The summed E-state index contributed by atoms with van der Waals surface area (Å²) in [6, 6.07) is 13.4. The lowest BCUT2D eigenvalue weighted by molar-refractivity contribution is -0.137. The van der Waals surface area contributed by atoms with Crippen LogP contribution in [0.4, 0.5) is 24.7 Å². The normalized spacial score (nSPS) is 15.2. The molecule has 4 aromatic rings. The zero-order chi connectivity index (χ0) is 21.6. The Kier molecular flexibility index (Phi) is 4.68. The third kappa shape index (κ3) is 3.43. The van der Waals surface area contributed by atoms with Crippen molar-refractivity contribution < 1.29 is 13.2 Å². The van der Waals surface area contributed by atoms with Gasteiger partial charge in [0.05, 0.1) is 16.6 Å². The van der Waals surface area contributed by atoms with Gasteiger partial charge in [-0.3, -0.25) is 4.40 Å². The second-order valence-corrected chi connectivity index (χ2v) is 7.58. The third-order valence-electron chi connectivity index (χ3n) is 5.71. The number of hydrogen-bond donors (Lipinski definition) is 0. The minimum Gasteiger partial charge on any atom is -0.368 e. The number of para-hydroxylation sites is 2. The van der Waals surface area contributed by atoms with Gasteiger partial charge in [-0.15, -0.1) is 10.2 Å². The van der Waals surface area contributed by atoms with Crippen molar-refractivity contribution in [3.63, 3.8) is 0 Å². The molecule has 0 spiro atoms. The van der Waals surface area contributed by atoms with Crippen molar-refractivity contribution in [3.05, 3.63) is 59.9 Å². The van der Waals surface area contributed by atoms with Crippen molar-refractivity contribution >= 4 is 28.2 Å². The topological polar surface area (TPSA) is 49.6 Å². The van der Waals surface area contributed by atoms with Crippen LogP contribution in [0, 0.1) is 0 Å². The molecule has 0 N–H and O–H groups in total. The van der Waals surface area contributed by atoms with E-state index >= 15 is 0 Å². The maximum absolute atomic E-state index is 13.1. The first kappa shape index (κ1) is 19.6. The van der Waals surface area contributed by atoms with Crippen molar-refractivity contribution in [2.45, 2.75) is 19.5 Å². The number of rotatable bonds is 3. The number of aryl methyl sites for hydroxylation is 1. The van der Waals surface area contributed by atoms with Crippen LogP contribution in [-0.4, -0.2) is 45.8 Å². The zero-order valence-electron chi connectivity index (χ0n) is 17.0. The van der Waals surface area contributed by atoms with Crippen LogP contribution in [0.5, 0.6) is 0 Å². The lowest BCUT2D eigenvalue weighted by Gasteiger charge is -2.37. The van der Waals surface area contributed by atoms with Gasteiger partial charge in [-0.25, -0.2) is 4.98 Å². The van der Waals surface area contributed by atoms with Gasteiger partial charge in [0.25, 0.3) is 0 Å². The molecule has 1 aliphatic heterocycles. The molecule has 3 heterocycles. The first-order valence-corrected chi connectivity index (χ1v) is 10.3. The highest BCUT2D eigenvalue weighted by Crippen LogP contribution is 2.32. The van der Waals surface area contributed by atoms with Crippen LogP contribution < -0.4 is 9.80 Å². The Morgan fingerprint density at radius 2 is 1.65 bits per heavy atom. The van der Waals surface area contributed by atoms with E-state index in [2.05, 4.69) is 19.5 Å². The van der Waals surface area contributed by atoms with Gasteiger partial charge in [0.1, 0.15) is 5.82 Å². The third-order valence-corrected chi connectivity index (χ3v) is 5.71. The molecule has 5 rings (SSSR count). The SMILES string of the molecule is CCc1nnc2c(N3CCN(c4cccc(C(F)(F)F)c4)CC3)nc3ccccc3n12. The molecular weight excluding hydrogens is 405 g/mol. The Labute approximate surface area is 176 Å². The van der Waals surface area contributed by atoms with E-state index in [-0.39, 0.29) is 0 Å². The smallest absolute Gasteiger partial charge is 0.368 e. The van der Waals surface area contributed by atoms with Gasteiger partial charge < -0.3 is 9.80 Å². The molecule has 0 bridgehead atoms. The van der Waals surface area contributed by atoms with Crippen LogP contribution >= 0.6 is 0 Å². The number of alkyl halides is 3. The summed E-state index contributed by atoms with van der Waals surface area (Å²) in [5, 5.41) is 8.74. The first-order chi connectivity index (χ1) is 15.0. The molecule has 0 aliphatic carbocycles. The van der Waals surface area contributed by atoms with E-state index in [1.807, 2.05) is 36.1 Å². The summed E-state index contributed by atoms with van der Waals surface area (Å²) in [6.07, 6.45) is -3.60. The van der Waals surface area contributed by atoms with Gasteiger partial charge in [-0.1, -0.05) is 25.1 Å². The van der Waals surface area contributed by atoms with Crippen LogP contribution in [0.2, 0.25) is 0 Å². The molecule has 1 saturated heterocycles. The quantitative estimate of drug-likeness (QED) is 0.492. The summed E-state index contributed by atoms with van der Waals surface area (Å²) in [7, 11) is 0. The highest BCUT2D eigenvalue weighted by Gasteiger charge is 2.31. The fourth-order valence-electron chi connectivity index (χ4n) is 4.12. The lowest BCUT2D eigenvalue weighted by atomic mass is 10.1. The molecule has 2 aromatic carbocycles. The summed E-state index contributed by atoms with van der Waals surface area (Å²) < 4.78 is 41.3. The van der Waals surface area contributed by atoms with E-state index in [4.69, 9.17) is 4.98 Å². The minimum atomic E-state index is -4.34. The van der Waals surface area contributed by atoms with Gasteiger partial charge in [0, 0.05) is 38.3 Å². The van der Waals surface area contributed by atoms with Crippen LogP contribution in [0.15, 0.2) is 48.5 Å². The van der Waals surface area contributed by atoms with Crippen molar-refractivity contribution in [1.29, 1.82) is 0 Å². The molecule has 0 saturated carbocycles. The Morgan fingerprint density at radius 3 is 2.39 bits per heavy atom. The van der Waals surface area contributed by atoms with Crippen LogP contribution in [0.25, 0.3) is 16.7 Å². The highest BCUT2D eigenvalue weighted by atomic mass is 19.4. The van der Waals surface area contributed by atoms with E-state index in [1.165, 1.54) is 12.1 Å². The average molecular weight is 426 g/mol. The Hall–Kier alpha value is -3.36. The van der Waals surface area contributed by atoms with Crippen molar-refractivity contribution in [2.75, 3.05) is 36.0 Å². The number of benzene rings is 2. The molecule has 9 heteroatoms. The summed E-state index contributed by atoms with van der Waals surface area (Å²) >= 11 is 0. The maximum Gasteiger partial charge on any atom is 0.416 e. The number of aromatic nitrogens is 4. The number of piperazine rings is 1. The highest BCUT2D eigenvalue weighted by molar-refractivity contribution is 5.83. The van der Waals surface area contributed by atoms with E-state index in [0.717, 1.165) is 35.2 Å². The molecule has 0 unspecified atom stereocenters. The van der Waals surface area contributed by atoms with Gasteiger partial charge in [-0.05, 0) is 30.3 Å². The second kappa shape index (κ2) is 7.40.